The van der Waals surface area contributed by atoms with E-state index in [9.17, 15) is 19.8 Å². The Morgan fingerprint density at radius 2 is 1.90 bits per heavy atom. The molecule has 0 saturated carbocycles. The summed E-state index contributed by atoms with van der Waals surface area (Å²) in [5.41, 5.74) is 1.94. The van der Waals surface area contributed by atoms with Gasteiger partial charge >= 0.3 is 5.97 Å². The number of hydrogen-bond donors (Lipinski definition) is 4. The summed E-state index contributed by atoms with van der Waals surface area (Å²) >= 11 is 0. The number of rotatable bonds is 4. The first-order chi connectivity index (χ1) is 9.93. The summed E-state index contributed by atoms with van der Waals surface area (Å²) in [6.07, 6.45) is 1.03. The fourth-order valence-corrected chi connectivity index (χ4v) is 1.88. The molecule has 7 heteroatoms. The second kappa shape index (κ2) is 5.59. The van der Waals surface area contributed by atoms with Crippen LogP contribution in [0, 0.1) is 6.92 Å². The summed E-state index contributed by atoms with van der Waals surface area (Å²) < 4.78 is 0. The van der Waals surface area contributed by atoms with Crippen LogP contribution in [-0.2, 0) is 0 Å². The van der Waals surface area contributed by atoms with Crippen molar-refractivity contribution in [2.45, 2.75) is 6.92 Å². The van der Waals surface area contributed by atoms with Crippen molar-refractivity contribution in [2.75, 3.05) is 5.48 Å². The number of aromatic carboxylic acids is 1. The van der Waals surface area contributed by atoms with Gasteiger partial charge in [-0.05, 0) is 19.1 Å². The molecule has 21 heavy (non-hydrogen) atoms. The first kappa shape index (κ1) is 14.5. The molecule has 0 aliphatic rings. The standard InChI is InChI=1S/C14H12N2O5/c1-7-2-3-9(10(4-7)14(19)20)13(18)12-11(16-21)5-8(17)6-15-12/h2-6,16-17,21H,1H3,(H,19,20). The van der Waals surface area contributed by atoms with Gasteiger partial charge in [-0.25, -0.2) is 9.78 Å². The fourth-order valence-electron chi connectivity index (χ4n) is 1.88. The Morgan fingerprint density at radius 3 is 2.52 bits per heavy atom. The molecule has 0 aliphatic heterocycles. The number of carbonyl (C=O) groups excluding carboxylic acids is 1. The molecule has 0 atom stereocenters. The lowest BCUT2D eigenvalue weighted by atomic mass is 9.98. The first-order valence-electron chi connectivity index (χ1n) is 5.91. The number of nitrogens with zero attached hydrogens (tertiary/aromatic N) is 1. The topological polar surface area (TPSA) is 120 Å². The van der Waals surface area contributed by atoms with Crippen LogP contribution < -0.4 is 5.48 Å². The third-order valence-corrected chi connectivity index (χ3v) is 2.86. The summed E-state index contributed by atoms with van der Waals surface area (Å²) in [6.45, 7) is 1.71. The molecule has 0 amide bonds. The Morgan fingerprint density at radius 1 is 1.19 bits per heavy atom. The third-order valence-electron chi connectivity index (χ3n) is 2.86. The third kappa shape index (κ3) is 2.82. The molecule has 0 radical (unpaired) electrons. The van der Waals surface area contributed by atoms with Crippen molar-refractivity contribution >= 4 is 17.4 Å². The number of benzene rings is 1. The maximum atomic E-state index is 12.4. The van der Waals surface area contributed by atoms with Crippen molar-refractivity contribution in [2.24, 2.45) is 0 Å². The molecule has 1 aromatic carbocycles. The van der Waals surface area contributed by atoms with Crippen LogP contribution in [-0.4, -0.2) is 32.2 Å². The lowest BCUT2D eigenvalue weighted by Gasteiger charge is -2.09. The van der Waals surface area contributed by atoms with Crippen molar-refractivity contribution in [3.8, 4) is 5.75 Å². The van der Waals surface area contributed by atoms with Crippen molar-refractivity contribution in [3.63, 3.8) is 0 Å². The van der Waals surface area contributed by atoms with Crippen LogP contribution >= 0.6 is 0 Å². The van der Waals surface area contributed by atoms with Gasteiger partial charge in [-0.2, -0.15) is 0 Å². The number of carbonyl (C=O) groups is 2. The fraction of sp³-hybridized carbons (Fsp3) is 0.0714. The Balaban J connectivity index is 2.58. The van der Waals surface area contributed by atoms with Crippen LogP contribution in [0.5, 0.6) is 5.75 Å². The van der Waals surface area contributed by atoms with Crippen molar-refractivity contribution < 1.29 is 25.0 Å². The number of nitrogens with one attached hydrogen (secondary N) is 1. The van der Waals surface area contributed by atoms with E-state index in [0.29, 0.717) is 5.56 Å². The molecule has 0 bridgehead atoms. The van der Waals surface area contributed by atoms with Crippen LogP contribution in [0.1, 0.15) is 32.0 Å². The molecule has 108 valence electrons. The smallest absolute Gasteiger partial charge is 0.336 e. The molecular formula is C14H12N2O5. The molecule has 0 unspecified atom stereocenters. The average Bonchev–Trinajstić information content (AvgIpc) is 2.46. The molecule has 1 aromatic heterocycles. The van der Waals surface area contributed by atoms with Crippen LogP contribution in [0.3, 0.4) is 0 Å². The van der Waals surface area contributed by atoms with Gasteiger partial charge in [-0.3, -0.25) is 15.5 Å². The predicted octanol–water partition coefficient (Wildman–Crippen LogP) is 1.83. The highest BCUT2D eigenvalue weighted by Crippen LogP contribution is 2.23. The molecular weight excluding hydrogens is 276 g/mol. The Kier molecular flexibility index (Phi) is 3.86. The predicted molar refractivity (Wildman–Crippen MR) is 72.9 cm³/mol. The van der Waals surface area contributed by atoms with E-state index < -0.39 is 11.8 Å². The quantitative estimate of drug-likeness (QED) is 0.500. The molecule has 4 N–H and O–H groups in total. The number of carboxylic acid groups (broad SMARTS) is 1. The van der Waals surface area contributed by atoms with Gasteiger partial charge < -0.3 is 10.2 Å². The van der Waals surface area contributed by atoms with E-state index >= 15 is 0 Å². The molecule has 7 nitrogen and oxygen atoms in total. The number of anilines is 1. The van der Waals surface area contributed by atoms with E-state index in [2.05, 4.69) is 4.98 Å². The molecule has 0 fully saturated rings. The van der Waals surface area contributed by atoms with Gasteiger partial charge in [-0.15, -0.1) is 0 Å². The number of pyridine rings is 1. The Hall–Kier alpha value is -2.93. The monoisotopic (exact) mass is 288 g/mol. The summed E-state index contributed by atoms with van der Waals surface area (Å²) in [6, 6.07) is 5.47. The highest BCUT2D eigenvalue weighted by Gasteiger charge is 2.22. The lowest BCUT2D eigenvalue weighted by Crippen LogP contribution is -2.13. The summed E-state index contributed by atoms with van der Waals surface area (Å²) in [5, 5.41) is 27.5. The number of carboxylic acids is 1. The van der Waals surface area contributed by atoms with Crippen LogP contribution in [0.2, 0.25) is 0 Å². The van der Waals surface area contributed by atoms with Gasteiger partial charge in [0.05, 0.1) is 17.4 Å². The number of ketones is 1. The molecule has 0 saturated heterocycles. The molecule has 2 rings (SSSR count). The minimum atomic E-state index is -1.24. The van der Waals surface area contributed by atoms with Crippen LogP contribution in [0.25, 0.3) is 0 Å². The number of hydrogen-bond acceptors (Lipinski definition) is 6. The highest BCUT2D eigenvalue weighted by atomic mass is 16.5. The van der Waals surface area contributed by atoms with E-state index in [1.54, 1.807) is 18.5 Å². The number of aromatic hydroxyl groups is 1. The Bertz CT molecular complexity index is 727. The zero-order valence-corrected chi connectivity index (χ0v) is 11.0. The van der Waals surface area contributed by atoms with E-state index in [-0.39, 0.29) is 28.3 Å². The largest absolute Gasteiger partial charge is 0.506 e. The first-order valence-corrected chi connectivity index (χ1v) is 5.91. The molecule has 0 spiro atoms. The summed E-state index contributed by atoms with van der Waals surface area (Å²) in [7, 11) is 0. The van der Waals surface area contributed by atoms with E-state index in [0.717, 1.165) is 12.3 Å². The second-order valence-corrected chi connectivity index (χ2v) is 4.38. The van der Waals surface area contributed by atoms with Gasteiger partial charge in [0, 0.05) is 11.6 Å². The van der Waals surface area contributed by atoms with Gasteiger partial charge in [0.2, 0.25) is 5.78 Å². The summed E-state index contributed by atoms with van der Waals surface area (Å²) in [4.78, 5) is 27.4. The van der Waals surface area contributed by atoms with E-state index in [4.69, 9.17) is 5.21 Å². The number of aryl methyl sites for hydroxylation is 1. The highest BCUT2D eigenvalue weighted by molar-refractivity contribution is 6.15. The van der Waals surface area contributed by atoms with Gasteiger partial charge in [0.1, 0.15) is 11.4 Å². The zero-order chi connectivity index (χ0) is 15.6. The van der Waals surface area contributed by atoms with E-state index in [1.165, 1.54) is 12.1 Å². The maximum absolute atomic E-state index is 12.4. The van der Waals surface area contributed by atoms with Crippen molar-refractivity contribution in [3.05, 3.63) is 52.8 Å². The van der Waals surface area contributed by atoms with Gasteiger partial charge in [0.15, 0.2) is 0 Å². The van der Waals surface area contributed by atoms with Gasteiger partial charge in [0.25, 0.3) is 0 Å². The normalized spacial score (nSPS) is 10.2. The minimum absolute atomic E-state index is 0.0530. The van der Waals surface area contributed by atoms with Crippen molar-refractivity contribution in [1.82, 2.24) is 4.98 Å². The van der Waals surface area contributed by atoms with Gasteiger partial charge in [-0.1, -0.05) is 11.6 Å². The van der Waals surface area contributed by atoms with Crippen LogP contribution in [0.4, 0.5) is 5.69 Å². The van der Waals surface area contributed by atoms with Crippen LogP contribution in [0.15, 0.2) is 30.5 Å². The van der Waals surface area contributed by atoms with Crippen molar-refractivity contribution in [1.29, 1.82) is 0 Å². The van der Waals surface area contributed by atoms with E-state index in [1.807, 2.05) is 0 Å². The Labute approximate surface area is 119 Å². The minimum Gasteiger partial charge on any atom is -0.506 e. The molecule has 2 aromatic rings. The summed E-state index contributed by atoms with van der Waals surface area (Å²) in [5.74, 6) is -2.16. The molecule has 0 aliphatic carbocycles. The zero-order valence-electron chi connectivity index (χ0n) is 11.0. The lowest BCUT2D eigenvalue weighted by molar-refractivity contribution is 0.0692. The molecule has 1 heterocycles. The second-order valence-electron chi connectivity index (χ2n) is 4.38. The SMILES string of the molecule is Cc1ccc(C(=O)c2ncc(O)cc2NO)c(C(=O)O)c1. The maximum Gasteiger partial charge on any atom is 0.336 e. The average molecular weight is 288 g/mol. The number of aromatic nitrogens is 1.